The minimum Gasteiger partial charge on any atom is -0.387 e. The van der Waals surface area contributed by atoms with E-state index in [-0.39, 0.29) is 0 Å². The summed E-state index contributed by atoms with van der Waals surface area (Å²) in [6, 6.07) is 9.80. The Morgan fingerprint density at radius 2 is 1.95 bits per heavy atom. The summed E-state index contributed by atoms with van der Waals surface area (Å²) in [5.74, 6) is 0. The molecule has 0 radical (unpaired) electrons. The Morgan fingerprint density at radius 1 is 1.19 bits per heavy atom. The number of benzene rings is 1. The van der Waals surface area contributed by atoms with Crippen molar-refractivity contribution in [2.45, 2.75) is 26.9 Å². The highest BCUT2D eigenvalue weighted by atomic mass is 35.5. The molecule has 1 atom stereocenters. The maximum absolute atomic E-state index is 10.2. The molecule has 3 aromatic rings. The molecular weight excluding hydrogens is 284 g/mol. The number of pyridine rings is 1. The van der Waals surface area contributed by atoms with Gasteiger partial charge in [0.15, 0.2) is 0 Å². The van der Waals surface area contributed by atoms with Crippen LogP contribution in [0.2, 0.25) is 5.02 Å². The predicted molar refractivity (Wildman–Crippen MR) is 85.7 cm³/mol. The maximum atomic E-state index is 10.2. The summed E-state index contributed by atoms with van der Waals surface area (Å²) in [6.45, 7) is 5.75. The van der Waals surface area contributed by atoms with Crippen molar-refractivity contribution in [2.24, 2.45) is 0 Å². The lowest BCUT2D eigenvalue weighted by molar-refractivity contribution is 0.194. The fraction of sp³-hybridized carbons (Fsp3) is 0.235. The number of hydrogen-bond donors (Lipinski definition) is 1. The number of fused-ring (bicyclic) bond motifs is 1. The summed E-state index contributed by atoms with van der Waals surface area (Å²) < 4.78 is 1.96. The van der Waals surface area contributed by atoms with Crippen molar-refractivity contribution in [3.8, 4) is 11.3 Å². The van der Waals surface area contributed by atoms with Gasteiger partial charge in [0.1, 0.15) is 5.65 Å². The largest absolute Gasteiger partial charge is 0.387 e. The van der Waals surface area contributed by atoms with Crippen molar-refractivity contribution in [3.05, 3.63) is 58.4 Å². The van der Waals surface area contributed by atoms with Crippen molar-refractivity contribution in [1.82, 2.24) is 9.38 Å². The molecular formula is C17H17ClN2O. The van der Waals surface area contributed by atoms with E-state index in [0.717, 1.165) is 38.7 Å². The monoisotopic (exact) mass is 300 g/mol. The molecule has 1 N–H and O–H groups in total. The first-order valence-corrected chi connectivity index (χ1v) is 7.29. The van der Waals surface area contributed by atoms with Gasteiger partial charge in [-0.05, 0) is 50.1 Å². The maximum Gasteiger partial charge on any atom is 0.140 e. The summed E-state index contributed by atoms with van der Waals surface area (Å²) >= 11 is 6.10. The Hall–Kier alpha value is -1.84. The van der Waals surface area contributed by atoms with Crippen LogP contribution in [0.15, 0.2) is 36.5 Å². The van der Waals surface area contributed by atoms with Crippen LogP contribution in [0.3, 0.4) is 0 Å². The molecule has 3 rings (SSSR count). The second-order valence-electron chi connectivity index (χ2n) is 5.37. The van der Waals surface area contributed by atoms with E-state index >= 15 is 0 Å². The summed E-state index contributed by atoms with van der Waals surface area (Å²) in [6.07, 6.45) is 1.33. The number of halogens is 1. The Kier molecular flexibility index (Phi) is 3.47. The van der Waals surface area contributed by atoms with Gasteiger partial charge in [0, 0.05) is 16.8 Å². The van der Waals surface area contributed by atoms with Gasteiger partial charge in [-0.3, -0.25) is 0 Å². The van der Waals surface area contributed by atoms with Crippen LogP contribution >= 0.6 is 11.6 Å². The number of aromatic nitrogens is 2. The summed E-state index contributed by atoms with van der Waals surface area (Å²) in [4.78, 5) is 4.73. The van der Waals surface area contributed by atoms with Gasteiger partial charge < -0.3 is 9.51 Å². The first-order chi connectivity index (χ1) is 9.99. The molecule has 0 saturated heterocycles. The van der Waals surface area contributed by atoms with Crippen LogP contribution in [-0.2, 0) is 0 Å². The van der Waals surface area contributed by atoms with Crippen LogP contribution in [0.4, 0.5) is 0 Å². The van der Waals surface area contributed by atoms with Gasteiger partial charge in [0.2, 0.25) is 0 Å². The van der Waals surface area contributed by atoms with Gasteiger partial charge in [-0.1, -0.05) is 23.7 Å². The first kappa shape index (κ1) is 14.1. The molecule has 21 heavy (non-hydrogen) atoms. The number of imidazole rings is 1. The fourth-order valence-corrected chi connectivity index (χ4v) is 2.74. The van der Waals surface area contributed by atoms with Gasteiger partial charge in [0.05, 0.1) is 17.5 Å². The lowest BCUT2D eigenvalue weighted by Gasteiger charge is -2.09. The molecule has 0 saturated carbocycles. The summed E-state index contributed by atoms with van der Waals surface area (Å²) in [5, 5.41) is 10.9. The third-order valence-corrected chi connectivity index (χ3v) is 4.13. The number of nitrogens with zero attached hydrogens (tertiary/aromatic N) is 2. The molecule has 0 bridgehead atoms. The van der Waals surface area contributed by atoms with Gasteiger partial charge in [-0.15, -0.1) is 0 Å². The SMILES string of the molecule is Cc1cc(-c2nc3c(C)cccn3c2C(C)O)ccc1Cl. The fourth-order valence-electron chi connectivity index (χ4n) is 2.63. The quantitative estimate of drug-likeness (QED) is 0.765. The van der Waals surface area contributed by atoms with Gasteiger partial charge in [-0.2, -0.15) is 0 Å². The molecule has 4 heteroatoms. The van der Waals surface area contributed by atoms with Crippen molar-refractivity contribution in [3.63, 3.8) is 0 Å². The van der Waals surface area contributed by atoms with Crippen LogP contribution < -0.4 is 0 Å². The molecule has 0 fully saturated rings. The van der Waals surface area contributed by atoms with Crippen LogP contribution in [0.5, 0.6) is 0 Å². The Morgan fingerprint density at radius 3 is 2.62 bits per heavy atom. The third-order valence-electron chi connectivity index (χ3n) is 3.71. The highest BCUT2D eigenvalue weighted by Crippen LogP contribution is 2.31. The zero-order chi connectivity index (χ0) is 15.1. The lowest BCUT2D eigenvalue weighted by Crippen LogP contribution is -1.99. The Balaban J connectivity index is 2.33. The summed E-state index contributed by atoms with van der Waals surface area (Å²) in [7, 11) is 0. The molecule has 108 valence electrons. The van der Waals surface area contributed by atoms with Crippen LogP contribution in [-0.4, -0.2) is 14.5 Å². The lowest BCUT2D eigenvalue weighted by atomic mass is 10.1. The number of aliphatic hydroxyl groups is 1. The van der Waals surface area contributed by atoms with Gasteiger partial charge >= 0.3 is 0 Å². The first-order valence-electron chi connectivity index (χ1n) is 6.91. The molecule has 0 amide bonds. The van der Waals surface area contributed by atoms with Crippen molar-refractivity contribution in [2.75, 3.05) is 0 Å². The molecule has 1 aromatic carbocycles. The second kappa shape index (κ2) is 5.17. The molecule has 2 heterocycles. The predicted octanol–water partition coefficient (Wildman–Crippen LogP) is 4.32. The molecule has 0 spiro atoms. The van der Waals surface area contributed by atoms with E-state index in [1.165, 1.54) is 0 Å². The Bertz CT molecular complexity index is 821. The number of aliphatic hydroxyl groups excluding tert-OH is 1. The van der Waals surface area contributed by atoms with Crippen molar-refractivity contribution < 1.29 is 5.11 Å². The molecule has 1 unspecified atom stereocenters. The topological polar surface area (TPSA) is 37.5 Å². The van der Waals surface area contributed by atoms with E-state index in [2.05, 4.69) is 0 Å². The van der Waals surface area contributed by atoms with E-state index in [0.29, 0.717) is 0 Å². The minimum atomic E-state index is -0.604. The molecule has 0 aliphatic heterocycles. The highest BCUT2D eigenvalue weighted by molar-refractivity contribution is 6.31. The average molecular weight is 301 g/mol. The van der Waals surface area contributed by atoms with Crippen LogP contribution in [0.1, 0.15) is 29.8 Å². The smallest absolute Gasteiger partial charge is 0.140 e. The number of aryl methyl sites for hydroxylation is 2. The van der Waals surface area contributed by atoms with Crippen molar-refractivity contribution in [1.29, 1.82) is 0 Å². The molecule has 0 aliphatic rings. The van der Waals surface area contributed by atoms with E-state index in [1.54, 1.807) is 6.92 Å². The molecule has 0 aliphatic carbocycles. The van der Waals surface area contributed by atoms with E-state index in [1.807, 2.05) is 54.8 Å². The van der Waals surface area contributed by atoms with Crippen LogP contribution in [0, 0.1) is 13.8 Å². The highest BCUT2D eigenvalue weighted by Gasteiger charge is 2.19. The Labute approximate surface area is 128 Å². The van der Waals surface area contributed by atoms with Gasteiger partial charge in [0.25, 0.3) is 0 Å². The minimum absolute atomic E-state index is 0.604. The van der Waals surface area contributed by atoms with E-state index in [9.17, 15) is 5.11 Å². The van der Waals surface area contributed by atoms with E-state index in [4.69, 9.17) is 16.6 Å². The average Bonchev–Trinajstić information content (AvgIpc) is 2.83. The zero-order valence-electron chi connectivity index (χ0n) is 12.3. The normalized spacial score (nSPS) is 12.8. The van der Waals surface area contributed by atoms with E-state index < -0.39 is 6.10 Å². The van der Waals surface area contributed by atoms with Crippen LogP contribution in [0.25, 0.3) is 16.9 Å². The van der Waals surface area contributed by atoms with Gasteiger partial charge in [-0.25, -0.2) is 4.98 Å². The third kappa shape index (κ3) is 2.33. The second-order valence-corrected chi connectivity index (χ2v) is 5.78. The zero-order valence-corrected chi connectivity index (χ0v) is 13.0. The molecule has 2 aromatic heterocycles. The molecule has 3 nitrogen and oxygen atoms in total. The number of hydrogen-bond acceptors (Lipinski definition) is 2. The summed E-state index contributed by atoms with van der Waals surface area (Å²) in [5.41, 5.74) is 5.53. The van der Waals surface area contributed by atoms with Crippen molar-refractivity contribution >= 4 is 17.2 Å². The standard InChI is InChI=1S/C17H17ClN2O/c1-10-5-4-8-20-16(12(3)21)15(19-17(10)20)13-6-7-14(18)11(2)9-13/h4-9,12,21H,1-3H3. The number of rotatable bonds is 2.